The molecule has 0 saturated heterocycles. The Morgan fingerprint density at radius 2 is 2.05 bits per heavy atom. The summed E-state index contributed by atoms with van der Waals surface area (Å²) in [5.74, 6) is 0.841. The van der Waals surface area contributed by atoms with Gasteiger partial charge in [-0.1, -0.05) is 12.1 Å². The van der Waals surface area contributed by atoms with Gasteiger partial charge in [-0.25, -0.2) is 9.97 Å². The highest BCUT2D eigenvalue weighted by atomic mass is 32.2. The average molecular weight is 285 g/mol. The number of benzene rings is 1. The van der Waals surface area contributed by atoms with Gasteiger partial charge < -0.3 is 5.32 Å². The van der Waals surface area contributed by atoms with Gasteiger partial charge in [-0.3, -0.25) is 0 Å². The number of aromatic nitrogens is 2. The normalized spacial score (nSPS) is 17.8. The smallest absolute Gasteiger partial charge is 0.159 e. The van der Waals surface area contributed by atoms with E-state index in [1.165, 1.54) is 29.0 Å². The van der Waals surface area contributed by atoms with E-state index in [9.17, 15) is 0 Å². The molecular formula is C16H19N3S. The molecule has 1 atom stereocenters. The van der Waals surface area contributed by atoms with Crippen molar-refractivity contribution in [2.24, 2.45) is 0 Å². The summed E-state index contributed by atoms with van der Waals surface area (Å²) >= 11 is 1.75. The Hall–Kier alpha value is -1.39. The quantitative estimate of drug-likeness (QED) is 0.876. The third-order valence-corrected chi connectivity index (χ3v) is 4.62. The molecule has 1 heterocycles. The van der Waals surface area contributed by atoms with Gasteiger partial charge in [0.1, 0.15) is 0 Å². The van der Waals surface area contributed by atoms with E-state index in [0.717, 1.165) is 17.8 Å². The average Bonchev–Trinajstić information content (AvgIpc) is 2.53. The van der Waals surface area contributed by atoms with Gasteiger partial charge in [0.05, 0.1) is 0 Å². The van der Waals surface area contributed by atoms with Crippen LogP contribution in [0.25, 0.3) is 11.4 Å². The summed E-state index contributed by atoms with van der Waals surface area (Å²) in [6, 6.07) is 8.86. The van der Waals surface area contributed by atoms with Crippen molar-refractivity contribution in [3.8, 4) is 11.4 Å². The molecule has 0 spiro atoms. The van der Waals surface area contributed by atoms with Crippen LogP contribution in [0, 0.1) is 0 Å². The van der Waals surface area contributed by atoms with Gasteiger partial charge in [-0.2, -0.15) is 0 Å². The second-order valence-electron chi connectivity index (χ2n) is 5.06. The Bertz CT molecular complexity index is 595. The number of nitrogens with one attached hydrogen (secondary N) is 1. The molecule has 0 fully saturated rings. The maximum Gasteiger partial charge on any atom is 0.159 e. The second kappa shape index (κ2) is 5.94. The third-order valence-electron chi connectivity index (χ3n) is 3.88. The molecule has 1 unspecified atom stereocenters. The van der Waals surface area contributed by atoms with Crippen molar-refractivity contribution >= 4 is 11.8 Å². The second-order valence-corrected chi connectivity index (χ2v) is 5.94. The largest absolute Gasteiger partial charge is 0.313 e. The molecule has 2 aromatic rings. The molecule has 4 heteroatoms. The third kappa shape index (κ3) is 2.58. The summed E-state index contributed by atoms with van der Waals surface area (Å²) in [5.41, 5.74) is 3.56. The minimum Gasteiger partial charge on any atom is -0.313 e. The number of rotatable bonds is 3. The Kier molecular flexibility index (Phi) is 4.03. The van der Waals surface area contributed by atoms with Crippen LogP contribution in [0.15, 0.2) is 35.4 Å². The zero-order valence-corrected chi connectivity index (χ0v) is 12.7. The lowest BCUT2D eigenvalue weighted by Gasteiger charge is -2.24. The number of fused-ring (bicyclic) bond motifs is 1. The van der Waals surface area contributed by atoms with Gasteiger partial charge in [0.15, 0.2) is 5.82 Å². The first-order valence-corrected chi connectivity index (χ1v) is 8.22. The maximum atomic E-state index is 4.78. The van der Waals surface area contributed by atoms with Crippen LogP contribution in [0.1, 0.15) is 30.1 Å². The fourth-order valence-corrected chi connectivity index (χ4v) is 3.13. The lowest BCUT2D eigenvalue weighted by Crippen LogP contribution is -2.22. The van der Waals surface area contributed by atoms with E-state index in [0.29, 0.717) is 6.04 Å². The number of hydrogen-bond donors (Lipinski definition) is 1. The number of hydrogen-bond acceptors (Lipinski definition) is 4. The van der Waals surface area contributed by atoms with Crippen LogP contribution < -0.4 is 5.32 Å². The van der Waals surface area contributed by atoms with Crippen molar-refractivity contribution < 1.29 is 0 Å². The van der Waals surface area contributed by atoms with Crippen molar-refractivity contribution in [1.82, 2.24) is 15.3 Å². The van der Waals surface area contributed by atoms with Gasteiger partial charge >= 0.3 is 0 Å². The molecule has 0 radical (unpaired) electrons. The van der Waals surface area contributed by atoms with E-state index in [1.54, 1.807) is 11.8 Å². The van der Waals surface area contributed by atoms with Gasteiger partial charge in [-0.15, -0.1) is 11.8 Å². The molecular weight excluding hydrogens is 266 g/mol. The van der Waals surface area contributed by atoms with E-state index in [4.69, 9.17) is 4.98 Å². The van der Waals surface area contributed by atoms with Crippen molar-refractivity contribution in [3.63, 3.8) is 0 Å². The van der Waals surface area contributed by atoms with E-state index in [-0.39, 0.29) is 0 Å². The Labute approximate surface area is 124 Å². The summed E-state index contributed by atoms with van der Waals surface area (Å²) in [7, 11) is 2.01. The number of aryl methyl sites for hydroxylation is 1. The molecule has 0 bridgehead atoms. The first kappa shape index (κ1) is 13.6. The molecule has 0 amide bonds. The molecule has 3 nitrogen and oxygen atoms in total. The summed E-state index contributed by atoms with van der Waals surface area (Å²) in [6.45, 7) is 0. The van der Waals surface area contributed by atoms with Crippen LogP contribution in [0.2, 0.25) is 0 Å². The van der Waals surface area contributed by atoms with Gasteiger partial charge in [0, 0.05) is 34.0 Å². The Balaban J connectivity index is 1.95. The molecule has 0 saturated carbocycles. The molecule has 0 aliphatic heterocycles. The fourth-order valence-electron chi connectivity index (χ4n) is 2.73. The van der Waals surface area contributed by atoms with E-state index in [1.807, 2.05) is 13.2 Å². The highest BCUT2D eigenvalue weighted by molar-refractivity contribution is 7.98. The van der Waals surface area contributed by atoms with Gasteiger partial charge in [0.25, 0.3) is 0 Å². The predicted octanol–water partition coefficient (Wildman–Crippen LogP) is 3.46. The predicted molar refractivity (Wildman–Crippen MR) is 84.0 cm³/mol. The summed E-state index contributed by atoms with van der Waals surface area (Å²) in [4.78, 5) is 10.6. The van der Waals surface area contributed by atoms with Gasteiger partial charge in [0.2, 0.25) is 0 Å². The molecule has 20 heavy (non-hydrogen) atoms. The van der Waals surface area contributed by atoms with Crippen LogP contribution in [-0.2, 0) is 6.42 Å². The summed E-state index contributed by atoms with van der Waals surface area (Å²) < 4.78 is 0. The lowest BCUT2D eigenvalue weighted by molar-refractivity contribution is 0.488. The monoisotopic (exact) mass is 285 g/mol. The highest BCUT2D eigenvalue weighted by Crippen LogP contribution is 2.29. The fraction of sp³-hybridized carbons (Fsp3) is 0.375. The van der Waals surface area contributed by atoms with E-state index < -0.39 is 0 Å². The van der Waals surface area contributed by atoms with Crippen LogP contribution in [0.4, 0.5) is 0 Å². The number of nitrogens with zero attached hydrogens (tertiary/aromatic N) is 2. The lowest BCUT2D eigenvalue weighted by atomic mass is 9.92. The van der Waals surface area contributed by atoms with E-state index >= 15 is 0 Å². The SMILES string of the molecule is CNC1CCCc2nc(-c3ccc(SC)cc3)ncc21. The molecule has 1 aliphatic rings. The van der Waals surface area contributed by atoms with Crippen molar-refractivity contribution in [3.05, 3.63) is 41.7 Å². The minimum atomic E-state index is 0.409. The van der Waals surface area contributed by atoms with Crippen LogP contribution in [0.5, 0.6) is 0 Å². The zero-order chi connectivity index (χ0) is 13.9. The maximum absolute atomic E-state index is 4.78. The standard InChI is InChI=1S/C16H19N3S/c1-17-14-4-3-5-15-13(14)10-18-16(19-15)11-6-8-12(20-2)9-7-11/h6-10,14,17H,3-5H2,1-2H3. The first-order valence-electron chi connectivity index (χ1n) is 6.99. The van der Waals surface area contributed by atoms with Crippen molar-refractivity contribution in [1.29, 1.82) is 0 Å². The Morgan fingerprint density at radius 1 is 1.25 bits per heavy atom. The minimum absolute atomic E-state index is 0.409. The topological polar surface area (TPSA) is 37.8 Å². The zero-order valence-electron chi connectivity index (χ0n) is 11.9. The molecule has 3 rings (SSSR count). The van der Waals surface area contributed by atoms with Crippen molar-refractivity contribution in [2.75, 3.05) is 13.3 Å². The summed E-state index contributed by atoms with van der Waals surface area (Å²) in [6.07, 6.45) is 7.52. The molecule has 1 aromatic heterocycles. The van der Waals surface area contributed by atoms with Crippen LogP contribution in [0.3, 0.4) is 0 Å². The van der Waals surface area contributed by atoms with Crippen molar-refractivity contribution in [2.45, 2.75) is 30.2 Å². The van der Waals surface area contributed by atoms with Gasteiger partial charge in [-0.05, 0) is 44.7 Å². The summed E-state index contributed by atoms with van der Waals surface area (Å²) in [5, 5.41) is 3.35. The first-order chi connectivity index (χ1) is 9.81. The van der Waals surface area contributed by atoms with E-state index in [2.05, 4.69) is 40.8 Å². The van der Waals surface area contributed by atoms with Crippen LogP contribution in [-0.4, -0.2) is 23.3 Å². The van der Waals surface area contributed by atoms with Crippen LogP contribution >= 0.6 is 11.8 Å². The molecule has 1 aromatic carbocycles. The Morgan fingerprint density at radius 3 is 2.75 bits per heavy atom. The number of thioether (sulfide) groups is 1. The highest BCUT2D eigenvalue weighted by Gasteiger charge is 2.20. The molecule has 1 aliphatic carbocycles. The molecule has 1 N–H and O–H groups in total. The molecule has 104 valence electrons.